The van der Waals surface area contributed by atoms with E-state index >= 15 is 0 Å². The molecule has 1 amide bonds. The van der Waals surface area contributed by atoms with E-state index in [1.165, 1.54) is 0 Å². The number of fused-ring (bicyclic) bond motifs is 1. The summed E-state index contributed by atoms with van der Waals surface area (Å²) in [7, 11) is 0. The molecule has 0 bridgehead atoms. The van der Waals surface area contributed by atoms with Crippen molar-refractivity contribution in [2.45, 2.75) is 6.92 Å². The average Bonchev–Trinajstić information content (AvgIpc) is 2.69. The smallest absolute Gasteiger partial charge is 0.310 e. The topological polar surface area (TPSA) is 51.5 Å². The molecule has 0 atom stereocenters. The summed E-state index contributed by atoms with van der Waals surface area (Å²) in [6.45, 7) is 2.21. The van der Waals surface area contributed by atoms with Gasteiger partial charge >= 0.3 is 5.91 Å². The molecule has 0 spiro atoms. The third-order valence-corrected chi connectivity index (χ3v) is 1.96. The van der Waals surface area contributed by atoms with Crippen molar-refractivity contribution in [2.75, 3.05) is 6.61 Å². The summed E-state index contributed by atoms with van der Waals surface area (Å²) in [5.41, 5.74) is 2.97. The Bertz CT molecular complexity index is 442. The maximum atomic E-state index is 11.4. The molecule has 1 aromatic carbocycles. The fourth-order valence-electron chi connectivity index (χ4n) is 1.28. The van der Waals surface area contributed by atoms with Gasteiger partial charge in [0.15, 0.2) is 5.76 Å². The van der Waals surface area contributed by atoms with Gasteiger partial charge in [-0.05, 0) is 19.1 Å². The zero-order valence-electron chi connectivity index (χ0n) is 8.32. The van der Waals surface area contributed by atoms with Crippen molar-refractivity contribution in [3.8, 4) is 0 Å². The number of furan rings is 1. The Hall–Kier alpha value is -1.81. The van der Waals surface area contributed by atoms with E-state index in [9.17, 15) is 4.79 Å². The van der Waals surface area contributed by atoms with Crippen LogP contribution in [0.25, 0.3) is 11.0 Å². The molecule has 0 aliphatic rings. The number of rotatable bonds is 3. The predicted octanol–water partition coefficient (Wildman–Crippen LogP) is 2.11. The van der Waals surface area contributed by atoms with Crippen molar-refractivity contribution in [1.29, 1.82) is 0 Å². The molecule has 4 heteroatoms. The zero-order chi connectivity index (χ0) is 10.7. The third kappa shape index (κ3) is 1.99. The lowest BCUT2D eigenvalue weighted by atomic mass is 10.2. The van der Waals surface area contributed by atoms with E-state index < -0.39 is 0 Å². The maximum Gasteiger partial charge on any atom is 0.310 e. The number of carbonyl (C=O) groups excluding carboxylic acids is 1. The van der Waals surface area contributed by atoms with E-state index in [2.05, 4.69) is 5.48 Å². The van der Waals surface area contributed by atoms with Gasteiger partial charge in [0.2, 0.25) is 0 Å². The Morgan fingerprint density at radius 1 is 1.47 bits per heavy atom. The highest BCUT2D eigenvalue weighted by Crippen LogP contribution is 2.18. The molecule has 4 nitrogen and oxygen atoms in total. The van der Waals surface area contributed by atoms with Gasteiger partial charge < -0.3 is 4.42 Å². The first-order chi connectivity index (χ1) is 7.31. The summed E-state index contributed by atoms with van der Waals surface area (Å²) < 4.78 is 5.33. The van der Waals surface area contributed by atoms with E-state index in [0.29, 0.717) is 12.2 Å². The summed E-state index contributed by atoms with van der Waals surface area (Å²) in [6, 6.07) is 9.13. The van der Waals surface area contributed by atoms with E-state index in [0.717, 1.165) is 5.39 Å². The molecule has 2 aromatic rings. The van der Waals surface area contributed by atoms with Crippen LogP contribution in [0, 0.1) is 0 Å². The maximum absolute atomic E-state index is 11.4. The van der Waals surface area contributed by atoms with Gasteiger partial charge in [-0.2, -0.15) is 0 Å². The lowest BCUT2D eigenvalue weighted by molar-refractivity contribution is 0.0342. The van der Waals surface area contributed by atoms with Crippen LogP contribution in [0.3, 0.4) is 0 Å². The number of benzene rings is 1. The Labute approximate surface area is 86.8 Å². The molecule has 0 saturated heterocycles. The molecule has 15 heavy (non-hydrogen) atoms. The average molecular weight is 205 g/mol. The molecule has 1 aromatic heterocycles. The summed E-state index contributed by atoms with van der Waals surface area (Å²) >= 11 is 0. The lowest BCUT2D eigenvalue weighted by Crippen LogP contribution is -2.22. The first kappa shape index (κ1) is 9.73. The second-order valence-corrected chi connectivity index (χ2v) is 3.01. The normalized spacial score (nSPS) is 10.5. The summed E-state index contributed by atoms with van der Waals surface area (Å²) in [5.74, 6) is -0.113. The Kier molecular flexibility index (Phi) is 2.69. The molecule has 0 aliphatic heterocycles. The van der Waals surface area contributed by atoms with Crippen LogP contribution in [-0.4, -0.2) is 12.5 Å². The van der Waals surface area contributed by atoms with Crippen LogP contribution >= 0.6 is 0 Å². The van der Waals surface area contributed by atoms with Crippen molar-refractivity contribution in [2.24, 2.45) is 0 Å². The third-order valence-electron chi connectivity index (χ3n) is 1.96. The quantitative estimate of drug-likeness (QED) is 0.781. The number of hydroxylamine groups is 1. The highest BCUT2D eigenvalue weighted by Gasteiger charge is 2.11. The zero-order valence-corrected chi connectivity index (χ0v) is 8.32. The van der Waals surface area contributed by atoms with Crippen molar-refractivity contribution in [1.82, 2.24) is 5.48 Å². The van der Waals surface area contributed by atoms with Crippen LogP contribution in [-0.2, 0) is 4.84 Å². The second-order valence-electron chi connectivity index (χ2n) is 3.01. The van der Waals surface area contributed by atoms with Gasteiger partial charge in [0.05, 0.1) is 6.61 Å². The van der Waals surface area contributed by atoms with Crippen LogP contribution in [0.4, 0.5) is 0 Å². The Morgan fingerprint density at radius 2 is 2.27 bits per heavy atom. The second kappa shape index (κ2) is 4.14. The van der Waals surface area contributed by atoms with E-state index in [1.54, 1.807) is 13.0 Å². The van der Waals surface area contributed by atoms with Crippen LogP contribution in [0.1, 0.15) is 17.5 Å². The first-order valence-electron chi connectivity index (χ1n) is 4.72. The van der Waals surface area contributed by atoms with Crippen molar-refractivity contribution < 1.29 is 14.0 Å². The minimum Gasteiger partial charge on any atom is -0.451 e. The van der Waals surface area contributed by atoms with Crippen LogP contribution in [0.2, 0.25) is 0 Å². The monoisotopic (exact) mass is 205 g/mol. The highest BCUT2D eigenvalue weighted by molar-refractivity contribution is 5.95. The van der Waals surface area contributed by atoms with E-state index in [4.69, 9.17) is 9.25 Å². The number of amides is 1. The molecule has 0 unspecified atom stereocenters. The first-order valence-corrected chi connectivity index (χ1v) is 4.72. The summed E-state index contributed by atoms with van der Waals surface area (Å²) in [6.07, 6.45) is 0. The Morgan fingerprint density at radius 3 is 3.00 bits per heavy atom. The highest BCUT2D eigenvalue weighted by atomic mass is 16.7. The minimum absolute atomic E-state index is 0.254. The molecular formula is C11H11NO3. The molecule has 0 aliphatic carbocycles. The molecular weight excluding hydrogens is 194 g/mol. The number of carbonyl (C=O) groups is 1. The lowest BCUT2D eigenvalue weighted by Gasteiger charge is -1.99. The van der Waals surface area contributed by atoms with Gasteiger partial charge in [0.25, 0.3) is 0 Å². The molecule has 0 fully saturated rings. The van der Waals surface area contributed by atoms with Crippen molar-refractivity contribution >= 4 is 16.9 Å². The van der Waals surface area contributed by atoms with Gasteiger partial charge in [0, 0.05) is 5.39 Å². The number of hydrogen-bond donors (Lipinski definition) is 1. The fourth-order valence-corrected chi connectivity index (χ4v) is 1.28. The van der Waals surface area contributed by atoms with Gasteiger partial charge in [-0.3, -0.25) is 9.63 Å². The van der Waals surface area contributed by atoms with E-state index in [-0.39, 0.29) is 11.7 Å². The predicted molar refractivity (Wildman–Crippen MR) is 55.3 cm³/mol. The SMILES string of the molecule is CCONC(=O)c1cc2ccccc2o1. The number of para-hydroxylation sites is 1. The summed E-state index contributed by atoms with van der Waals surface area (Å²) in [5, 5.41) is 0.902. The van der Waals surface area contributed by atoms with Crippen LogP contribution in [0.15, 0.2) is 34.7 Å². The molecule has 78 valence electrons. The van der Waals surface area contributed by atoms with Gasteiger partial charge in [-0.25, -0.2) is 5.48 Å². The molecule has 1 N–H and O–H groups in total. The summed E-state index contributed by atoms with van der Waals surface area (Å²) in [4.78, 5) is 16.2. The van der Waals surface area contributed by atoms with Crippen LogP contribution in [0.5, 0.6) is 0 Å². The van der Waals surface area contributed by atoms with Gasteiger partial charge in [-0.15, -0.1) is 0 Å². The van der Waals surface area contributed by atoms with Crippen molar-refractivity contribution in [3.05, 3.63) is 36.1 Å². The standard InChI is InChI=1S/C11H11NO3/c1-2-14-12-11(13)10-7-8-5-3-4-6-9(8)15-10/h3-7H,2H2,1H3,(H,12,13). The van der Waals surface area contributed by atoms with E-state index in [1.807, 2.05) is 24.3 Å². The fraction of sp³-hybridized carbons (Fsp3) is 0.182. The van der Waals surface area contributed by atoms with Crippen LogP contribution < -0.4 is 5.48 Å². The van der Waals surface area contributed by atoms with Crippen molar-refractivity contribution in [3.63, 3.8) is 0 Å². The van der Waals surface area contributed by atoms with Gasteiger partial charge in [0.1, 0.15) is 5.58 Å². The Balaban J connectivity index is 2.25. The largest absolute Gasteiger partial charge is 0.451 e. The number of hydrogen-bond acceptors (Lipinski definition) is 3. The number of nitrogens with one attached hydrogen (secondary N) is 1. The molecule has 2 rings (SSSR count). The minimum atomic E-state index is -0.368. The molecule has 1 heterocycles. The van der Waals surface area contributed by atoms with Gasteiger partial charge in [-0.1, -0.05) is 18.2 Å². The molecule has 0 radical (unpaired) electrons. The molecule has 0 saturated carbocycles.